The van der Waals surface area contributed by atoms with Gasteiger partial charge < -0.3 is 10.1 Å². The summed E-state index contributed by atoms with van der Waals surface area (Å²) in [5.74, 6) is 0. The van der Waals surface area contributed by atoms with Crippen molar-refractivity contribution < 1.29 is 4.74 Å². The zero-order valence-electron chi connectivity index (χ0n) is 11.1. The number of nitrogens with zero attached hydrogens (tertiary/aromatic N) is 2. The molecule has 2 atom stereocenters. The van der Waals surface area contributed by atoms with Gasteiger partial charge in [-0.1, -0.05) is 0 Å². The van der Waals surface area contributed by atoms with Gasteiger partial charge in [0.05, 0.1) is 18.8 Å². The van der Waals surface area contributed by atoms with E-state index in [1.165, 1.54) is 4.68 Å². The molecule has 1 saturated heterocycles. The van der Waals surface area contributed by atoms with Crippen molar-refractivity contribution in [1.29, 1.82) is 0 Å². The summed E-state index contributed by atoms with van der Waals surface area (Å²) < 4.78 is 7.10. The molecule has 2 heterocycles. The predicted octanol–water partition coefficient (Wildman–Crippen LogP) is 0.709. The van der Waals surface area contributed by atoms with Gasteiger partial charge in [-0.3, -0.25) is 4.79 Å². The molecule has 100 valence electrons. The Hall–Kier alpha value is -1.20. The summed E-state index contributed by atoms with van der Waals surface area (Å²) in [6.07, 6.45) is 4.30. The van der Waals surface area contributed by atoms with Crippen molar-refractivity contribution in [1.82, 2.24) is 15.1 Å². The molecular formula is C13H21N3O2. The van der Waals surface area contributed by atoms with Gasteiger partial charge in [-0.15, -0.1) is 0 Å². The molecule has 2 rings (SSSR count). The zero-order chi connectivity index (χ0) is 13.0. The average molecular weight is 251 g/mol. The quantitative estimate of drug-likeness (QED) is 0.837. The first-order valence-corrected chi connectivity index (χ1v) is 6.55. The number of nitrogens with one attached hydrogen (secondary N) is 1. The van der Waals surface area contributed by atoms with Gasteiger partial charge in [0.25, 0.3) is 5.56 Å². The first kappa shape index (κ1) is 13.2. The predicted molar refractivity (Wildman–Crippen MR) is 69.7 cm³/mol. The van der Waals surface area contributed by atoms with E-state index in [0.717, 1.165) is 31.6 Å². The van der Waals surface area contributed by atoms with Crippen molar-refractivity contribution in [3.8, 4) is 0 Å². The van der Waals surface area contributed by atoms with Gasteiger partial charge in [-0.05, 0) is 32.3 Å². The molecule has 0 saturated carbocycles. The molecule has 1 fully saturated rings. The van der Waals surface area contributed by atoms with Crippen molar-refractivity contribution in [3.63, 3.8) is 0 Å². The van der Waals surface area contributed by atoms with Gasteiger partial charge in [0.15, 0.2) is 0 Å². The molecule has 5 nitrogen and oxygen atoms in total. The molecule has 0 amide bonds. The highest BCUT2D eigenvalue weighted by molar-refractivity contribution is 5.02. The van der Waals surface area contributed by atoms with Gasteiger partial charge >= 0.3 is 0 Å². The number of rotatable bonds is 5. The minimum Gasteiger partial charge on any atom is -0.377 e. The fourth-order valence-electron chi connectivity index (χ4n) is 2.22. The number of ether oxygens (including phenoxy) is 1. The molecule has 1 aliphatic rings. The van der Waals surface area contributed by atoms with E-state index in [1.54, 1.807) is 12.3 Å². The maximum absolute atomic E-state index is 11.6. The van der Waals surface area contributed by atoms with Crippen molar-refractivity contribution >= 4 is 0 Å². The van der Waals surface area contributed by atoms with Crippen LogP contribution in [0.1, 0.15) is 25.3 Å². The Bertz CT molecular complexity index is 438. The Kier molecular flexibility index (Phi) is 4.49. The van der Waals surface area contributed by atoms with Crippen LogP contribution in [0.5, 0.6) is 0 Å². The molecule has 0 radical (unpaired) electrons. The van der Waals surface area contributed by atoms with Crippen LogP contribution in [0.3, 0.4) is 0 Å². The van der Waals surface area contributed by atoms with Gasteiger partial charge in [0.2, 0.25) is 0 Å². The van der Waals surface area contributed by atoms with Crippen molar-refractivity contribution in [2.24, 2.45) is 0 Å². The second-order valence-corrected chi connectivity index (χ2v) is 4.89. The van der Waals surface area contributed by atoms with E-state index in [-0.39, 0.29) is 5.56 Å². The zero-order valence-corrected chi connectivity index (χ0v) is 11.1. The summed E-state index contributed by atoms with van der Waals surface area (Å²) in [5.41, 5.74) is 0.860. The largest absolute Gasteiger partial charge is 0.377 e. The Morgan fingerprint density at radius 2 is 2.50 bits per heavy atom. The monoisotopic (exact) mass is 251 g/mol. The number of hydrogen-bond donors (Lipinski definition) is 1. The molecule has 0 aromatic carbocycles. The minimum atomic E-state index is -0.0402. The fraction of sp³-hybridized carbons (Fsp3) is 0.692. The topological polar surface area (TPSA) is 56.1 Å². The first-order chi connectivity index (χ1) is 8.66. The van der Waals surface area contributed by atoms with Crippen LogP contribution in [0.2, 0.25) is 0 Å². The summed E-state index contributed by atoms with van der Waals surface area (Å²) in [4.78, 5) is 11.6. The molecule has 5 heteroatoms. The second-order valence-electron chi connectivity index (χ2n) is 4.89. The normalized spacial score (nSPS) is 21.1. The van der Waals surface area contributed by atoms with Crippen LogP contribution in [0, 0.1) is 6.92 Å². The van der Waals surface area contributed by atoms with Crippen LogP contribution < -0.4 is 10.9 Å². The van der Waals surface area contributed by atoms with E-state index in [9.17, 15) is 4.79 Å². The SMILES string of the molecule is Cc1cnn(CCNC(C)C2CCCO2)c(=O)c1. The third-order valence-corrected chi connectivity index (χ3v) is 3.32. The third kappa shape index (κ3) is 3.40. The lowest BCUT2D eigenvalue weighted by Gasteiger charge is -2.20. The maximum atomic E-state index is 11.6. The molecule has 1 aromatic heterocycles. The highest BCUT2D eigenvalue weighted by Crippen LogP contribution is 2.14. The van der Waals surface area contributed by atoms with E-state index in [4.69, 9.17) is 4.74 Å². The lowest BCUT2D eigenvalue weighted by atomic mass is 10.1. The van der Waals surface area contributed by atoms with Crippen LogP contribution >= 0.6 is 0 Å². The van der Waals surface area contributed by atoms with Crippen LogP contribution in [0.4, 0.5) is 0 Å². The smallest absolute Gasteiger partial charge is 0.267 e. The highest BCUT2D eigenvalue weighted by Gasteiger charge is 2.21. The maximum Gasteiger partial charge on any atom is 0.267 e. The van der Waals surface area contributed by atoms with E-state index in [2.05, 4.69) is 17.3 Å². The lowest BCUT2D eigenvalue weighted by molar-refractivity contribution is 0.0834. The third-order valence-electron chi connectivity index (χ3n) is 3.32. The van der Waals surface area contributed by atoms with E-state index in [1.807, 2.05) is 6.92 Å². The van der Waals surface area contributed by atoms with Crippen LogP contribution in [0.25, 0.3) is 0 Å². The van der Waals surface area contributed by atoms with Crippen molar-refractivity contribution in [2.75, 3.05) is 13.2 Å². The fourth-order valence-corrected chi connectivity index (χ4v) is 2.22. The van der Waals surface area contributed by atoms with Gasteiger partial charge in [-0.2, -0.15) is 5.10 Å². The number of aromatic nitrogens is 2. The summed E-state index contributed by atoms with van der Waals surface area (Å²) >= 11 is 0. The molecule has 18 heavy (non-hydrogen) atoms. The Labute approximate surface area is 107 Å². The highest BCUT2D eigenvalue weighted by atomic mass is 16.5. The summed E-state index contributed by atoms with van der Waals surface area (Å²) in [5, 5.41) is 7.50. The molecule has 0 spiro atoms. The standard InChI is InChI=1S/C13H21N3O2/c1-10-8-13(17)16(15-9-10)6-5-14-11(2)12-4-3-7-18-12/h8-9,11-12,14H,3-7H2,1-2H3. The van der Waals surface area contributed by atoms with Crippen LogP contribution in [-0.2, 0) is 11.3 Å². The summed E-state index contributed by atoms with van der Waals surface area (Å²) in [6, 6.07) is 1.94. The second kappa shape index (κ2) is 6.11. The van der Waals surface area contributed by atoms with Crippen LogP contribution in [0.15, 0.2) is 17.1 Å². The molecule has 1 aromatic rings. The van der Waals surface area contributed by atoms with Gasteiger partial charge in [-0.25, -0.2) is 4.68 Å². The summed E-state index contributed by atoms with van der Waals surface area (Å²) in [7, 11) is 0. The van der Waals surface area contributed by atoms with Gasteiger partial charge in [0, 0.05) is 25.3 Å². The van der Waals surface area contributed by atoms with Crippen LogP contribution in [-0.4, -0.2) is 35.1 Å². The molecule has 2 unspecified atom stereocenters. The Balaban J connectivity index is 1.79. The Morgan fingerprint density at radius 1 is 1.67 bits per heavy atom. The molecular weight excluding hydrogens is 230 g/mol. The first-order valence-electron chi connectivity index (χ1n) is 6.55. The molecule has 0 aliphatic carbocycles. The number of aryl methyl sites for hydroxylation is 1. The van der Waals surface area contributed by atoms with Crippen molar-refractivity contribution in [2.45, 2.75) is 45.4 Å². The van der Waals surface area contributed by atoms with E-state index < -0.39 is 0 Å². The number of hydrogen-bond acceptors (Lipinski definition) is 4. The minimum absolute atomic E-state index is 0.0402. The van der Waals surface area contributed by atoms with Gasteiger partial charge in [0.1, 0.15) is 0 Å². The molecule has 0 bridgehead atoms. The Morgan fingerprint density at radius 3 is 3.17 bits per heavy atom. The average Bonchev–Trinajstić information content (AvgIpc) is 2.85. The molecule has 1 aliphatic heterocycles. The summed E-state index contributed by atoms with van der Waals surface area (Å²) in [6.45, 7) is 6.20. The lowest BCUT2D eigenvalue weighted by Crippen LogP contribution is -2.39. The van der Waals surface area contributed by atoms with E-state index >= 15 is 0 Å². The van der Waals surface area contributed by atoms with Crippen molar-refractivity contribution in [3.05, 3.63) is 28.2 Å². The van der Waals surface area contributed by atoms with E-state index in [0.29, 0.717) is 18.7 Å². The molecule has 1 N–H and O–H groups in total.